The molecule has 1 saturated carbocycles. The number of anilines is 2. The molecule has 26 heavy (non-hydrogen) atoms. The minimum atomic E-state index is -0.0518. The average molecular weight is 358 g/mol. The van der Waals surface area contributed by atoms with Crippen LogP contribution in [0, 0.1) is 11.8 Å². The van der Waals surface area contributed by atoms with Crippen LogP contribution in [0.25, 0.3) is 0 Å². The van der Waals surface area contributed by atoms with Crippen LogP contribution in [0.5, 0.6) is 0 Å². The zero-order valence-electron chi connectivity index (χ0n) is 15.8. The van der Waals surface area contributed by atoms with Crippen molar-refractivity contribution in [1.82, 2.24) is 10.3 Å². The summed E-state index contributed by atoms with van der Waals surface area (Å²) < 4.78 is 0. The fraction of sp³-hybridized carbons (Fsp3) is 0.650. The first kappa shape index (κ1) is 18.7. The van der Waals surface area contributed by atoms with Crippen LogP contribution in [-0.2, 0) is 9.59 Å². The molecule has 6 heteroatoms. The van der Waals surface area contributed by atoms with Gasteiger partial charge in [0.25, 0.3) is 0 Å². The van der Waals surface area contributed by atoms with Crippen molar-refractivity contribution in [3.63, 3.8) is 0 Å². The second-order valence-electron chi connectivity index (χ2n) is 7.80. The van der Waals surface area contributed by atoms with Gasteiger partial charge < -0.3 is 15.5 Å². The first-order valence-electron chi connectivity index (χ1n) is 9.85. The third kappa shape index (κ3) is 4.74. The van der Waals surface area contributed by atoms with Gasteiger partial charge in [0.1, 0.15) is 5.82 Å². The summed E-state index contributed by atoms with van der Waals surface area (Å²) in [5, 5.41) is 6.08. The molecule has 0 spiro atoms. The number of nitrogens with one attached hydrogen (secondary N) is 2. The number of carbonyl (C=O) groups excluding carboxylic acids is 2. The quantitative estimate of drug-likeness (QED) is 0.849. The molecule has 2 heterocycles. The van der Waals surface area contributed by atoms with Gasteiger partial charge in [-0.3, -0.25) is 9.59 Å². The molecule has 3 rings (SSSR count). The van der Waals surface area contributed by atoms with Gasteiger partial charge in [0.15, 0.2) is 0 Å². The summed E-state index contributed by atoms with van der Waals surface area (Å²) in [5.41, 5.74) is 0.721. The molecule has 0 atom stereocenters. The van der Waals surface area contributed by atoms with E-state index < -0.39 is 0 Å². The number of carbonyl (C=O) groups is 2. The summed E-state index contributed by atoms with van der Waals surface area (Å²) in [4.78, 5) is 30.8. The van der Waals surface area contributed by atoms with Crippen LogP contribution in [0.3, 0.4) is 0 Å². The molecule has 1 aliphatic carbocycles. The predicted octanol–water partition coefficient (Wildman–Crippen LogP) is 2.95. The van der Waals surface area contributed by atoms with Crippen molar-refractivity contribution < 1.29 is 9.59 Å². The first-order chi connectivity index (χ1) is 12.5. The summed E-state index contributed by atoms with van der Waals surface area (Å²) in [5.74, 6) is 1.20. The molecule has 1 aliphatic heterocycles. The standard InChI is InChI=1S/C20H30N4O2/c1-14(2)19(25)23-17-7-8-18(21-13-17)24-11-9-15(10-12-24)20(26)22-16-5-3-4-6-16/h7-8,13-16H,3-6,9-12H2,1-2H3,(H,22,26)(H,23,25). The zero-order chi connectivity index (χ0) is 18.5. The van der Waals surface area contributed by atoms with Gasteiger partial charge in [-0.15, -0.1) is 0 Å². The maximum absolute atomic E-state index is 12.4. The maximum atomic E-state index is 12.4. The predicted molar refractivity (Wildman–Crippen MR) is 103 cm³/mol. The van der Waals surface area contributed by atoms with Crippen LogP contribution in [0.15, 0.2) is 18.3 Å². The lowest BCUT2D eigenvalue weighted by molar-refractivity contribution is -0.126. The Balaban J connectivity index is 1.48. The highest BCUT2D eigenvalue weighted by Gasteiger charge is 2.27. The number of amides is 2. The Labute approximate surface area is 155 Å². The van der Waals surface area contributed by atoms with Gasteiger partial charge in [-0.2, -0.15) is 0 Å². The summed E-state index contributed by atoms with van der Waals surface area (Å²) in [6.07, 6.45) is 8.18. The molecular formula is C20H30N4O2. The number of piperidine rings is 1. The lowest BCUT2D eigenvalue weighted by Crippen LogP contribution is -2.43. The summed E-state index contributed by atoms with van der Waals surface area (Å²) in [6.45, 7) is 5.41. The minimum absolute atomic E-state index is 0.00589. The van der Waals surface area contributed by atoms with E-state index in [1.165, 1.54) is 12.8 Å². The van der Waals surface area contributed by atoms with Crippen molar-refractivity contribution in [2.24, 2.45) is 11.8 Å². The number of nitrogens with zero attached hydrogens (tertiary/aromatic N) is 2. The van der Waals surface area contributed by atoms with Gasteiger partial charge in [-0.25, -0.2) is 4.98 Å². The van der Waals surface area contributed by atoms with E-state index in [0.717, 1.165) is 50.3 Å². The van der Waals surface area contributed by atoms with Crippen LogP contribution in [0.4, 0.5) is 11.5 Å². The third-order valence-corrected chi connectivity index (χ3v) is 5.43. The molecule has 0 unspecified atom stereocenters. The zero-order valence-corrected chi connectivity index (χ0v) is 15.8. The van der Waals surface area contributed by atoms with Crippen LogP contribution in [-0.4, -0.2) is 35.9 Å². The van der Waals surface area contributed by atoms with Gasteiger partial charge in [0.2, 0.25) is 11.8 Å². The SMILES string of the molecule is CC(C)C(=O)Nc1ccc(N2CCC(C(=O)NC3CCCC3)CC2)nc1. The van der Waals surface area contributed by atoms with Crippen molar-refractivity contribution >= 4 is 23.3 Å². The highest BCUT2D eigenvalue weighted by atomic mass is 16.2. The van der Waals surface area contributed by atoms with E-state index in [1.807, 2.05) is 26.0 Å². The van der Waals surface area contributed by atoms with Crippen molar-refractivity contribution in [3.8, 4) is 0 Å². The molecule has 6 nitrogen and oxygen atoms in total. The van der Waals surface area contributed by atoms with Crippen molar-refractivity contribution in [1.29, 1.82) is 0 Å². The molecule has 1 aromatic heterocycles. The molecular weight excluding hydrogens is 328 g/mol. The normalized spacial score (nSPS) is 19.0. The molecule has 2 fully saturated rings. The summed E-state index contributed by atoms with van der Waals surface area (Å²) in [7, 11) is 0. The Morgan fingerprint density at radius 3 is 2.38 bits per heavy atom. The van der Waals surface area contributed by atoms with Crippen LogP contribution >= 0.6 is 0 Å². The topological polar surface area (TPSA) is 74.3 Å². The van der Waals surface area contributed by atoms with Gasteiger partial charge in [-0.1, -0.05) is 26.7 Å². The molecule has 2 aliphatic rings. The van der Waals surface area contributed by atoms with E-state index in [9.17, 15) is 9.59 Å². The van der Waals surface area contributed by atoms with Gasteiger partial charge in [0.05, 0.1) is 11.9 Å². The molecule has 1 aromatic rings. The largest absolute Gasteiger partial charge is 0.357 e. The first-order valence-corrected chi connectivity index (χ1v) is 9.85. The number of aromatic nitrogens is 1. The lowest BCUT2D eigenvalue weighted by Gasteiger charge is -2.32. The number of hydrogen-bond donors (Lipinski definition) is 2. The highest BCUT2D eigenvalue weighted by Crippen LogP contribution is 2.24. The number of hydrogen-bond acceptors (Lipinski definition) is 4. The van der Waals surface area contributed by atoms with E-state index in [4.69, 9.17) is 0 Å². The third-order valence-electron chi connectivity index (χ3n) is 5.43. The van der Waals surface area contributed by atoms with Crippen molar-refractivity contribution in [3.05, 3.63) is 18.3 Å². The minimum Gasteiger partial charge on any atom is -0.357 e. The van der Waals surface area contributed by atoms with Crippen LogP contribution < -0.4 is 15.5 Å². The van der Waals surface area contributed by atoms with E-state index in [-0.39, 0.29) is 23.7 Å². The molecule has 0 aromatic carbocycles. The van der Waals surface area contributed by atoms with E-state index in [1.54, 1.807) is 6.20 Å². The molecule has 0 bridgehead atoms. The molecule has 1 saturated heterocycles. The van der Waals surface area contributed by atoms with Crippen LogP contribution in [0.1, 0.15) is 52.4 Å². The Morgan fingerprint density at radius 2 is 1.81 bits per heavy atom. The van der Waals surface area contributed by atoms with E-state index in [2.05, 4.69) is 20.5 Å². The monoisotopic (exact) mass is 358 g/mol. The fourth-order valence-corrected chi connectivity index (χ4v) is 3.69. The van der Waals surface area contributed by atoms with E-state index >= 15 is 0 Å². The summed E-state index contributed by atoms with van der Waals surface area (Å²) >= 11 is 0. The number of rotatable bonds is 5. The van der Waals surface area contributed by atoms with E-state index in [0.29, 0.717) is 6.04 Å². The lowest BCUT2D eigenvalue weighted by atomic mass is 9.95. The highest BCUT2D eigenvalue weighted by molar-refractivity contribution is 5.91. The van der Waals surface area contributed by atoms with Crippen LogP contribution in [0.2, 0.25) is 0 Å². The Hall–Kier alpha value is -2.11. The smallest absolute Gasteiger partial charge is 0.226 e. The van der Waals surface area contributed by atoms with Gasteiger partial charge in [0, 0.05) is 31.0 Å². The molecule has 0 radical (unpaired) electrons. The fourth-order valence-electron chi connectivity index (χ4n) is 3.69. The molecule has 142 valence electrons. The van der Waals surface area contributed by atoms with Crippen molar-refractivity contribution in [2.75, 3.05) is 23.3 Å². The Morgan fingerprint density at radius 1 is 1.12 bits per heavy atom. The van der Waals surface area contributed by atoms with Gasteiger partial charge in [-0.05, 0) is 37.8 Å². The Bertz CT molecular complexity index is 615. The summed E-state index contributed by atoms with van der Waals surface area (Å²) in [6, 6.07) is 4.23. The Kier molecular flexibility index (Phi) is 6.12. The molecule has 2 N–H and O–H groups in total. The molecule has 2 amide bonds. The average Bonchev–Trinajstić information content (AvgIpc) is 3.15. The van der Waals surface area contributed by atoms with Gasteiger partial charge >= 0.3 is 0 Å². The maximum Gasteiger partial charge on any atom is 0.226 e. The second kappa shape index (κ2) is 8.52. The number of pyridine rings is 1. The van der Waals surface area contributed by atoms with Crippen molar-refractivity contribution in [2.45, 2.75) is 58.4 Å². The second-order valence-corrected chi connectivity index (χ2v) is 7.80.